The summed E-state index contributed by atoms with van der Waals surface area (Å²) in [6.07, 6.45) is 2.67. The minimum atomic E-state index is -0.145. The van der Waals surface area contributed by atoms with Crippen LogP contribution in [-0.2, 0) is 0 Å². The summed E-state index contributed by atoms with van der Waals surface area (Å²) in [6, 6.07) is 2.18. The van der Waals surface area contributed by atoms with Gasteiger partial charge in [-0.2, -0.15) is 5.10 Å². The van der Waals surface area contributed by atoms with Crippen molar-refractivity contribution in [3.8, 4) is 0 Å². The van der Waals surface area contributed by atoms with Gasteiger partial charge in [-0.05, 0) is 37.7 Å². The molecule has 0 atom stereocenters. The lowest BCUT2D eigenvalue weighted by molar-refractivity contribution is 0.0922. The smallest absolute Gasteiger partial charge is 0.271 e. The lowest BCUT2D eigenvalue weighted by Gasteiger charge is -2.23. The van der Waals surface area contributed by atoms with E-state index in [1.54, 1.807) is 0 Å². The van der Waals surface area contributed by atoms with Crippen LogP contribution in [0.4, 0.5) is 0 Å². The molecule has 0 fully saturated rings. The highest BCUT2D eigenvalue weighted by Crippen LogP contribution is 2.19. The van der Waals surface area contributed by atoms with Crippen LogP contribution in [0.1, 0.15) is 69.2 Å². The first-order valence-electron chi connectivity index (χ1n) is 7.79. The molecule has 21 heavy (non-hydrogen) atoms. The molecule has 1 aromatic rings. The second-order valence-corrected chi connectivity index (χ2v) is 6.41. The van der Waals surface area contributed by atoms with Gasteiger partial charge in [0.2, 0.25) is 0 Å². The summed E-state index contributed by atoms with van der Waals surface area (Å²) in [4.78, 5) is 12.2. The Labute approximate surface area is 127 Å². The normalized spacial score (nSPS) is 12.0. The summed E-state index contributed by atoms with van der Waals surface area (Å²) in [5.74, 6) is -0.145. The quantitative estimate of drug-likeness (QED) is 0.775. The number of hydrogen-bond acceptors (Lipinski definition) is 3. The summed E-state index contributed by atoms with van der Waals surface area (Å²) < 4.78 is 1.95. The molecular weight excluding hydrogens is 266 g/mol. The topological polar surface area (TPSA) is 67.2 Å². The summed E-state index contributed by atoms with van der Waals surface area (Å²) in [5.41, 5.74) is 1.37. The summed E-state index contributed by atoms with van der Waals surface area (Å²) in [6.45, 7) is 11.0. The highest BCUT2D eigenvalue weighted by molar-refractivity contribution is 5.92. The first kappa shape index (κ1) is 17.7. The van der Waals surface area contributed by atoms with E-state index in [0.29, 0.717) is 24.7 Å². The van der Waals surface area contributed by atoms with Crippen LogP contribution >= 0.6 is 0 Å². The maximum Gasteiger partial charge on any atom is 0.271 e. The van der Waals surface area contributed by atoms with E-state index in [2.05, 4.69) is 24.3 Å². The molecule has 5 heteroatoms. The molecule has 0 aliphatic carbocycles. The van der Waals surface area contributed by atoms with Crippen LogP contribution in [0.3, 0.4) is 0 Å². The van der Waals surface area contributed by atoms with Gasteiger partial charge in [0.1, 0.15) is 5.69 Å². The predicted molar refractivity (Wildman–Crippen MR) is 84.4 cm³/mol. The van der Waals surface area contributed by atoms with Crippen LogP contribution < -0.4 is 5.32 Å². The molecule has 2 N–H and O–H groups in total. The first-order chi connectivity index (χ1) is 9.84. The summed E-state index contributed by atoms with van der Waals surface area (Å²) >= 11 is 0. The molecule has 1 amide bonds. The Morgan fingerprint density at radius 3 is 2.57 bits per heavy atom. The number of carbonyl (C=O) groups is 1. The van der Waals surface area contributed by atoms with Crippen LogP contribution in [-0.4, -0.2) is 33.9 Å². The van der Waals surface area contributed by atoms with Crippen molar-refractivity contribution in [1.29, 1.82) is 0 Å². The minimum absolute atomic E-state index is 0.114. The van der Waals surface area contributed by atoms with Crippen molar-refractivity contribution in [2.75, 3.05) is 13.2 Å². The van der Waals surface area contributed by atoms with Gasteiger partial charge in [0, 0.05) is 18.8 Å². The van der Waals surface area contributed by atoms with Crippen molar-refractivity contribution in [2.24, 2.45) is 5.41 Å². The summed E-state index contributed by atoms with van der Waals surface area (Å²) in [7, 11) is 0. The van der Waals surface area contributed by atoms with Gasteiger partial charge in [0.25, 0.3) is 5.91 Å². The largest absolute Gasteiger partial charge is 0.396 e. The lowest BCUT2D eigenvalue weighted by atomic mass is 9.90. The Bertz CT molecular complexity index is 462. The van der Waals surface area contributed by atoms with Gasteiger partial charge in [0.05, 0.1) is 6.04 Å². The Kier molecular flexibility index (Phi) is 6.40. The molecule has 0 unspecified atom stereocenters. The van der Waals surface area contributed by atoms with Crippen molar-refractivity contribution < 1.29 is 9.90 Å². The molecule has 0 aromatic carbocycles. The van der Waals surface area contributed by atoms with Crippen molar-refractivity contribution >= 4 is 5.91 Å². The van der Waals surface area contributed by atoms with Crippen LogP contribution in [0.15, 0.2) is 6.07 Å². The molecule has 0 aliphatic heterocycles. The SMILES string of the molecule is CCC(CC)n1nc(C(=O)NCC(C)(C)CCO)cc1C. The van der Waals surface area contributed by atoms with Crippen molar-refractivity contribution in [3.63, 3.8) is 0 Å². The zero-order chi connectivity index (χ0) is 16.0. The average molecular weight is 295 g/mol. The maximum atomic E-state index is 12.2. The predicted octanol–water partition coefficient (Wildman–Crippen LogP) is 2.69. The number of rotatable bonds is 8. The van der Waals surface area contributed by atoms with E-state index in [4.69, 9.17) is 5.11 Å². The van der Waals surface area contributed by atoms with Gasteiger partial charge in [-0.15, -0.1) is 0 Å². The lowest BCUT2D eigenvalue weighted by Crippen LogP contribution is -2.34. The fourth-order valence-corrected chi connectivity index (χ4v) is 2.40. The Hall–Kier alpha value is -1.36. The number of carbonyl (C=O) groups excluding carboxylic acids is 1. The fraction of sp³-hybridized carbons (Fsp3) is 0.750. The standard InChI is InChI=1S/C16H29N3O2/c1-6-13(7-2)19-12(3)10-14(18-19)15(21)17-11-16(4,5)8-9-20/h10,13,20H,6-9,11H2,1-5H3,(H,17,21). The fourth-order valence-electron chi connectivity index (χ4n) is 2.40. The molecule has 0 saturated carbocycles. The molecule has 0 radical (unpaired) electrons. The third-order valence-corrected chi connectivity index (χ3v) is 3.96. The summed E-state index contributed by atoms with van der Waals surface area (Å²) in [5, 5.41) is 16.4. The number of nitrogens with zero attached hydrogens (tertiary/aromatic N) is 2. The molecule has 1 heterocycles. The van der Waals surface area contributed by atoms with E-state index >= 15 is 0 Å². The van der Waals surface area contributed by atoms with E-state index < -0.39 is 0 Å². The van der Waals surface area contributed by atoms with Gasteiger partial charge in [0.15, 0.2) is 0 Å². The number of aryl methyl sites for hydroxylation is 1. The molecule has 1 rings (SSSR count). The van der Waals surface area contributed by atoms with E-state index in [1.807, 2.05) is 31.5 Å². The number of hydrogen-bond donors (Lipinski definition) is 2. The first-order valence-corrected chi connectivity index (χ1v) is 7.79. The van der Waals surface area contributed by atoms with Gasteiger partial charge >= 0.3 is 0 Å². The number of aliphatic hydroxyl groups is 1. The van der Waals surface area contributed by atoms with E-state index in [1.165, 1.54) is 0 Å². The Morgan fingerprint density at radius 1 is 1.43 bits per heavy atom. The van der Waals surface area contributed by atoms with Crippen molar-refractivity contribution in [1.82, 2.24) is 15.1 Å². The van der Waals surface area contributed by atoms with Crippen LogP contribution in [0, 0.1) is 12.3 Å². The molecule has 5 nitrogen and oxygen atoms in total. The van der Waals surface area contributed by atoms with Crippen LogP contribution in [0.2, 0.25) is 0 Å². The van der Waals surface area contributed by atoms with E-state index in [9.17, 15) is 4.79 Å². The second kappa shape index (κ2) is 7.59. The third-order valence-electron chi connectivity index (χ3n) is 3.96. The maximum absolute atomic E-state index is 12.2. The average Bonchev–Trinajstić information content (AvgIpc) is 2.80. The number of nitrogens with one attached hydrogen (secondary N) is 1. The van der Waals surface area contributed by atoms with Crippen LogP contribution in [0.5, 0.6) is 0 Å². The third kappa shape index (κ3) is 4.84. The molecule has 120 valence electrons. The highest BCUT2D eigenvalue weighted by Gasteiger charge is 2.21. The molecular formula is C16H29N3O2. The van der Waals surface area contributed by atoms with Gasteiger partial charge in [-0.25, -0.2) is 0 Å². The van der Waals surface area contributed by atoms with Gasteiger partial charge < -0.3 is 10.4 Å². The second-order valence-electron chi connectivity index (χ2n) is 6.41. The molecule has 0 bridgehead atoms. The van der Waals surface area contributed by atoms with Crippen LogP contribution in [0.25, 0.3) is 0 Å². The Balaban J connectivity index is 2.74. The number of amides is 1. The number of aromatic nitrogens is 2. The minimum Gasteiger partial charge on any atom is -0.396 e. The zero-order valence-electron chi connectivity index (χ0n) is 13.9. The number of aliphatic hydroxyl groups excluding tert-OH is 1. The Morgan fingerprint density at radius 2 is 2.05 bits per heavy atom. The van der Waals surface area contributed by atoms with Gasteiger partial charge in [-0.3, -0.25) is 9.48 Å². The zero-order valence-corrected chi connectivity index (χ0v) is 13.9. The molecule has 1 aromatic heterocycles. The monoisotopic (exact) mass is 295 g/mol. The highest BCUT2D eigenvalue weighted by atomic mass is 16.3. The van der Waals surface area contributed by atoms with Crippen molar-refractivity contribution in [2.45, 2.75) is 59.9 Å². The van der Waals surface area contributed by atoms with E-state index in [-0.39, 0.29) is 17.9 Å². The van der Waals surface area contributed by atoms with E-state index in [0.717, 1.165) is 18.5 Å². The van der Waals surface area contributed by atoms with Crippen molar-refractivity contribution in [3.05, 3.63) is 17.5 Å². The van der Waals surface area contributed by atoms with Gasteiger partial charge in [-0.1, -0.05) is 27.7 Å². The molecule has 0 saturated heterocycles. The molecule has 0 spiro atoms. The molecule has 0 aliphatic rings.